The molecule has 6 nitrogen and oxygen atoms in total. The van der Waals surface area contributed by atoms with E-state index in [2.05, 4.69) is 60.3 Å². The van der Waals surface area contributed by atoms with Gasteiger partial charge in [-0.05, 0) is 44.7 Å². The van der Waals surface area contributed by atoms with Crippen LogP contribution in [0.1, 0.15) is 49.9 Å². The van der Waals surface area contributed by atoms with E-state index in [4.69, 9.17) is 4.74 Å². The number of benzene rings is 1. The average molecular weight is 393 g/mol. The molecule has 0 saturated carbocycles. The summed E-state index contributed by atoms with van der Waals surface area (Å²) in [7, 11) is 0. The maximum Gasteiger partial charge on any atom is 0.221 e. The van der Waals surface area contributed by atoms with Crippen LogP contribution in [0.2, 0.25) is 0 Å². The van der Waals surface area contributed by atoms with Crippen LogP contribution in [0.25, 0.3) is 5.65 Å². The SMILES string of the molecule is Cc1ccccc1[C@@]1(CC(=O)NCc2cnc3cnccn23)CCOC(C)(C)C1. The average Bonchev–Trinajstić information content (AvgIpc) is 3.09. The summed E-state index contributed by atoms with van der Waals surface area (Å²) in [4.78, 5) is 21.5. The van der Waals surface area contributed by atoms with E-state index in [0.29, 0.717) is 19.6 Å². The van der Waals surface area contributed by atoms with Gasteiger partial charge in [-0.2, -0.15) is 0 Å². The third kappa shape index (κ3) is 4.03. The van der Waals surface area contributed by atoms with E-state index in [-0.39, 0.29) is 16.9 Å². The molecule has 0 bridgehead atoms. The molecular formula is C23H28N4O2. The van der Waals surface area contributed by atoms with Gasteiger partial charge < -0.3 is 10.1 Å². The zero-order valence-corrected chi connectivity index (χ0v) is 17.3. The summed E-state index contributed by atoms with van der Waals surface area (Å²) in [5.41, 5.74) is 3.72. The summed E-state index contributed by atoms with van der Waals surface area (Å²) < 4.78 is 7.93. The molecule has 0 aliphatic carbocycles. The van der Waals surface area contributed by atoms with Crippen LogP contribution in [0.4, 0.5) is 0 Å². The number of carbonyl (C=O) groups excluding carboxylic acids is 1. The molecule has 29 heavy (non-hydrogen) atoms. The van der Waals surface area contributed by atoms with E-state index >= 15 is 0 Å². The van der Waals surface area contributed by atoms with Gasteiger partial charge >= 0.3 is 0 Å². The third-order valence-electron chi connectivity index (χ3n) is 5.91. The zero-order valence-electron chi connectivity index (χ0n) is 17.3. The second-order valence-electron chi connectivity index (χ2n) is 8.64. The van der Waals surface area contributed by atoms with Crippen LogP contribution in [0, 0.1) is 6.92 Å². The first-order chi connectivity index (χ1) is 13.9. The predicted molar refractivity (Wildman–Crippen MR) is 112 cm³/mol. The number of fused-ring (bicyclic) bond motifs is 1. The molecule has 1 amide bonds. The van der Waals surface area contributed by atoms with Gasteiger partial charge in [0.05, 0.1) is 30.2 Å². The van der Waals surface area contributed by atoms with E-state index in [1.807, 2.05) is 10.6 Å². The molecule has 1 aliphatic rings. The zero-order chi connectivity index (χ0) is 20.5. The molecule has 1 aliphatic heterocycles. The number of nitrogens with zero attached hydrogens (tertiary/aromatic N) is 3. The predicted octanol–water partition coefficient (Wildman–Crippen LogP) is 3.57. The first kappa shape index (κ1) is 19.6. The number of hydrogen-bond acceptors (Lipinski definition) is 4. The largest absolute Gasteiger partial charge is 0.376 e. The molecule has 6 heteroatoms. The molecule has 1 aromatic carbocycles. The third-order valence-corrected chi connectivity index (χ3v) is 5.91. The molecule has 2 aromatic heterocycles. The summed E-state index contributed by atoms with van der Waals surface area (Å²) in [6.45, 7) is 7.46. The topological polar surface area (TPSA) is 68.5 Å². The normalized spacial score (nSPS) is 21.2. The first-order valence-corrected chi connectivity index (χ1v) is 10.1. The van der Waals surface area contributed by atoms with Gasteiger partial charge in [-0.25, -0.2) is 4.98 Å². The molecule has 3 aromatic rings. The molecule has 1 atom stereocenters. The Morgan fingerprint density at radius 2 is 2.10 bits per heavy atom. The van der Waals surface area contributed by atoms with E-state index < -0.39 is 0 Å². The first-order valence-electron chi connectivity index (χ1n) is 10.1. The summed E-state index contributed by atoms with van der Waals surface area (Å²) in [5, 5.41) is 3.10. The van der Waals surface area contributed by atoms with E-state index in [0.717, 1.165) is 24.2 Å². The Balaban J connectivity index is 1.54. The standard InChI is InChI=1S/C23H28N4O2/c1-17-6-4-5-7-19(17)23(8-11-29-22(2,3)16-23)12-21(28)26-14-18-13-25-20-15-24-9-10-27(18)20/h4-7,9-10,13,15H,8,11-12,14,16H2,1-3H3,(H,26,28)/t23-/m1/s1. The monoisotopic (exact) mass is 392 g/mol. The number of amides is 1. The van der Waals surface area contributed by atoms with E-state index in [1.54, 1.807) is 18.6 Å². The van der Waals surface area contributed by atoms with Gasteiger partial charge in [0.25, 0.3) is 0 Å². The second-order valence-corrected chi connectivity index (χ2v) is 8.64. The fraction of sp³-hybridized carbons (Fsp3) is 0.435. The molecule has 0 spiro atoms. The molecule has 4 rings (SSSR count). The van der Waals surface area contributed by atoms with Crippen molar-refractivity contribution < 1.29 is 9.53 Å². The highest BCUT2D eigenvalue weighted by molar-refractivity contribution is 5.78. The van der Waals surface area contributed by atoms with Crippen molar-refractivity contribution in [3.63, 3.8) is 0 Å². The fourth-order valence-electron chi connectivity index (χ4n) is 4.71. The van der Waals surface area contributed by atoms with Crippen LogP contribution < -0.4 is 5.32 Å². The summed E-state index contributed by atoms with van der Waals surface area (Å²) >= 11 is 0. The smallest absolute Gasteiger partial charge is 0.221 e. The van der Waals surface area contributed by atoms with Gasteiger partial charge in [0.1, 0.15) is 0 Å². The van der Waals surface area contributed by atoms with Gasteiger partial charge in [0.15, 0.2) is 5.65 Å². The molecule has 0 radical (unpaired) electrons. The minimum Gasteiger partial charge on any atom is -0.376 e. The Labute approximate surface area is 171 Å². The maximum absolute atomic E-state index is 13.0. The molecule has 3 heterocycles. The molecule has 1 fully saturated rings. The lowest BCUT2D eigenvalue weighted by molar-refractivity contribution is -0.126. The van der Waals surface area contributed by atoms with Crippen LogP contribution in [-0.2, 0) is 21.5 Å². The summed E-state index contributed by atoms with van der Waals surface area (Å²) in [6, 6.07) is 8.42. The molecule has 1 N–H and O–H groups in total. The number of rotatable bonds is 5. The van der Waals surface area contributed by atoms with Crippen LogP contribution in [0.3, 0.4) is 0 Å². The van der Waals surface area contributed by atoms with Crippen molar-refractivity contribution in [3.8, 4) is 0 Å². The highest BCUT2D eigenvalue weighted by Gasteiger charge is 2.44. The minimum atomic E-state index is -0.255. The van der Waals surface area contributed by atoms with Gasteiger partial charge in [-0.3, -0.25) is 14.2 Å². The molecule has 0 unspecified atom stereocenters. The number of aromatic nitrogens is 3. The van der Waals surface area contributed by atoms with Crippen LogP contribution in [0.5, 0.6) is 0 Å². The van der Waals surface area contributed by atoms with Crippen LogP contribution >= 0.6 is 0 Å². The Morgan fingerprint density at radius 3 is 2.90 bits per heavy atom. The second kappa shape index (κ2) is 7.59. The molecule has 1 saturated heterocycles. The van der Waals surface area contributed by atoms with Gasteiger partial charge in [0, 0.05) is 30.8 Å². The number of ether oxygens (including phenoxy) is 1. The number of carbonyl (C=O) groups is 1. The Hall–Kier alpha value is -2.73. The van der Waals surface area contributed by atoms with E-state index in [1.165, 1.54) is 11.1 Å². The van der Waals surface area contributed by atoms with Crippen molar-refractivity contribution >= 4 is 11.6 Å². The van der Waals surface area contributed by atoms with Crippen molar-refractivity contribution in [1.82, 2.24) is 19.7 Å². The molecular weight excluding hydrogens is 364 g/mol. The van der Waals surface area contributed by atoms with Crippen molar-refractivity contribution in [2.24, 2.45) is 0 Å². The van der Waals surface area contributed by atoms with Crippen molar-refractivity contribution in [2.45, 2.75) is 57.6 Å². The summed E-state index contributed by atoms with van der Waals surface area (Å²) in [5.74, 6) is 0.0509. The minimum absolute atomic E-state index is 0.0509. The van der Waals surface area contributed by atoms with Crippen molar-refractivity contribution in [2.75, 3.05) is 6.61 Å². The summed E-state index contributed by atoms with van der Waals surface area (Å²) in [6.07, 6.45) is 9.18. The molecule has 152 valence electrons. The fourth-order valence-corrected chi connectivity index (χ4v) is 4.71. The number of nitrogens with one attached hydrogen (secondary N) is 1. The quantitative estimate of drug-likeness (QED) is 0.721. The van der Waals surface area contributed by atoms with Crippen LogP contribution in [-0.4, -0.2) is 32.5 Å². The highest BCUT2D eigenvalue weighted by atomic mass is 16.5. The number of imidazole rings is 1. The van der Waals surface area contributed by atoms with Crippen LogP contribution in [0.15, 0.2) is 49.1 Å². The lowest BCUT2D eigenvalue weighted by Crippen LogP contribution is -2.46. The number of aryl methyl sites for hydroxylation is 1. The number of hydrogen-bond donors (Lipinski definition) is 1. The van der Waals surface area contributed by atoms with Gasteiger partial charge in [-0.1, -0.05) is 24.3 Å². The van der Waals surface area contributed by atoms with E-state index in [9.17, 15) is 4.79 Å². The lowest BCUT2D eigenvalue weighted by Gasteiger charge is -2.45. The Morgan fingerprint density at radius 1 is 1.28 bits per heavy atom. The Kier molecular flexibility index (Phi) is 5.13. The Bertz CT molecular complexity index is 1030. The highest BCUT2D eigenvalue weighted by Crippen LogP contribution is 2.45. The van der Waals surface area contributed by atoms with Gasteiger partial charge in [-0.15, -0.1) is 0 Å². The lowest BCUT2D eigenvalue weighted by atomic mass is 9.66. The maximum atomic E-state index is 13.0. The van der Waals surface area contributed by atoms with Crippen molar-refractivity contribution in [1.29, 1.82) is 0 Å². The van der Waals surface area contributed by atoms with Gasteiger partial charge in [0.2, 0.25) is 5.91 Å². The van der Waals surface area contributed by atoms with Crippen molar-refractivity contribution in [3.05, 3.63) is 65.9 Å².